The van der Waals surface area contributed by atoms with Crippen molar-refractivity contribution >= 4 is 97.0 Å². The molecular weight excluding hydrogens is 911 g/mol. The van der Waals surface area contributed by atoms with E-state index in [2.05, 4.69) is 19.9 Å². The zero-order chi connectivity index (χ0) is 43.8. The van der Waals surface area contributed by atoms with E-state index in [1.165, 1.54) is 53.3 Å². The van der Waals surface area contributed by atoms with Crippen molar-refractivity contribution in [1.29, 1.82) is 0 Å². The number of nitrogens with two attached hydrogens (primary N) is 1. The van der Waals surface area contributed by atoms with Gasteiger partial charge in [0.25, 0.3) is 11.1 Å². The van der Waals surface area contributed by atoms with Crippen LogP contribution in [0.4, 0.5) is 13.9 Å². The predicted molar refractivity (Wildman–Crippen MR) is 240 cm³/mol. The van der Waals surface area contributed by atoms with Crippen LogP contribution in [0, 0.1) is 23.5 Å². The molecule has 332 valence electrons. The molecule has 21 heteroatoms. The summed E-state index contributed by atoms with van der Waals surface area (Å²) in [5.74, 6) is -2.25. The van der Waals surface area contributed by atoms with Crippen LogP contribution >= 0.6 is 58.3 Å². The minimum absolute atomic E-state index is 0. The van der Waals surface area contributed by atoms with Gasteiger partial charge in [-0.1, -0.05) is 98.7 Å². The SMILES string of the molecule is Cl.Nc1ncc(Cl)s1.O=C(Cc1ncc(Cl)s1)C(CC1CCCCC1)n1c(=O)[nH]c2ccc(F)cc2c1=O.O=C(O)C(CC1CCCCC1)n1c(=O)[nH]c2ccc(F)cc2c1=O. The minimum Gasteiger partial charge on any atom is -0.480 e. The fraction of sp³-hybridized carbons (Fsp3) is 0.415. The molecule has 0 bridgehead atoms. The van der Waals surface area contributed by atoms with Gasteiger partial charge >= 0.3 is 17.3 Å². The maximum Gasteiger partial charge on any atom is 0.329 e. The van der Waals surface area contributed by atoms with Crippen molar-refractivity contribution in [1.82, 2.24) is 29.1 Å². The molecule has 4 aromatic heterocycles. The molecule has 14 nitrogen and oxygen atoms in total. The third-order valence-corrected chi connectivity index (χ3v) is 13.0. The van der Waals surface area contributed by atoms with Crippen LogP contribution in [0.2, 0.25) is 8.67 Å². The van der Waals surface area contributed by atoms with Gasteiger partial charge in [-0.3, -0.25) is 14.4 Å². The summed E-state index contributed by atoms with van der Waals surface area (Å²) in [6.45, 7) is 0. The summed E-state index contributed by atoms with van der Waals surface area (Å²) < 4.78 is 30.0. The predicted octanol–water partition coefficient (Wildman–Crippen LogP) is 8.49. The molecule has 2 atom stereocenters. The first-order chi connectivity index (χ1) is 29.2. The number of thiazole rings is 2. The third kappa shape index (κ3) is 12.2. The second kappa shape index (κ2) is 22.0. The van der Waals surface area contributed by atoms with Gasteiger partial charge in [-0.25, -0.2) is 42.3 Å². The van der Waals surface area contributed by atoms with Crippen molar-refractivity contribution < 1.29 is 23.5 Å². The second-order valence-electron chi connectivity index (χ2n) is 15.1. The molecular formula is C41H44Cl3F2N7O7S2. The number of aromatic nitrogens is 6. The van der Waals surface area contributed by atoms with Gasteiger partial charge < -0.3 is 20.8 Å². The van der Waals surface area contributed by atoms with Crippen molar-refractivity contribution in [2.75, 3.05) is 5.73 Å². The highest BCUT2D eigenvalue weighted by molar-refractivity contribution is 7.19. The van der Waals surface area contributed by atoms with Crippen LogP contribution < -0.4 is 28.2 Å². The van der Waals surface area contributed by atoms with Gasteiger partial charge in [-0.05, 0) is 61.1 Å². The van der Waals surface area contributed by atoms with Gasteiger partial charge in [-0.2, -0.15) is 0 Å². The van der Waals surface area contributed by atoms with Crippen molar-refractivity contribution in [3.63, 3.8) is 0 Å². The number of nitrogen functional groups attached to an aromatic ring is 1. The van der Waals surface area contributed by atoms with Gasteiger partial charge in [0.15, 0.2) is 10.9 Å². The van der Waals surface area contributed by atoms with Crippen LogP contribution in [-0.4, -0.2) is 45.9 Å². The van der Waals surface area contributed by atoms with Crippen LogP contribution in [0.3, 0.4) is 0 Å². The summed E-state index contributed by atoms with van der Waals surface area (Å²) in [6, 6.07) is 4.91. The molecule has 2 aromatic carbocycles. The second-order valence-corrected chi connectivity index (χ2v) is 18.6. The molecule has 8 rings (SSSR count). The summed E-state index contributed by atoms with van der Waals surface area (Å²) in [5, 5.41) is 10.6. The topological polar surface area (TPSA) is 216 Å². The van der Waals surface area contributed by atoms with E-state index in [1.807, 2.05) is 0 Å². The normalized spacial score (nSPS) is 15.4. The lowest BCUT2D eigenvalue weighted by atomic mass is 9.83. The molecule has 2 aliphatic rings. The third-order valence-electron chi connectivity index (χ3n) is 11.0. The minimum atomic E-state index is -1.24. The Morgan fingerprint density at radius 2 is 1.19 bits per heavy atom. The van der Waals surface area contributed by atoms with Crippen molar-refractivity contribution in [3.8, 4) is 0 Å². The molecule has 2 aliphatic carbocycles. The zero-order valence-electron chi connectivity index (χ0n) is 33.1. The Morgan fingerprint density at radius 1 is 0.742 bits per heavy atom. The average molecular weight is 955 g/mol. The summed E-state index contributed by atoms with van der Waals surface area (Å²) >= 11 is 13.8. The Morgan fingerprint density at radius 3 is 1.60 bits per heavy atom. The number of aromatic amines is 2. The number of carbonyl (C=O) groups is 2. The standard InChI is InChI=1S/C21H21ClFN3O3S.C17H19FN2O4.C3H3ClN2S.ClH/c22-18-11-24-19(30-18)10-17(27)16(8-12-4-2-1-3-5-12)26-20(28)14-9-13(23)6-7-15(14)25-21(26)29;18-11-6-7-13-12(9-11)15(21)20(17(24)19-13)14(16(22)23)8-10-4-2-1-3-5-10;4-2-1-6-3(5)7-2;/h6-7,9,11-12,16H,1-5,8,10H2,(H,25,29);6-7,9-10,14H,1-5,8H2,(H,19,24)(H,22,23);1H,(H2,5,6);1H. The molecule has 0 spiro atoms. The lowest BCUT2D eigenvalue weighted by Crippen LogP contribution is -2.42. The highest BCUT2D eigenvalue weighted by atomic mass is 35.5. The molecule has 6 aromatic rings. The number of H-pyrrole nitrogens is 2. The Bertz CT molecular complexity index is 2740. The Balaban J connectivity index is 0.000000203. The van der Waals surface area contributed by atoms with E-state index >= 15 is 0 Å². The number of Topliss-reactive ketones (excluding diaryl/α,β-unsaturated/α-hetero) is 1. The Labute approximate surface area is 376 Å². The van der Waals surface area contributed by atoms with Crippen LogP contribution in [0.25, 0.3) is 21.8 Å². The van der Waals surface area contributed by atoms with E-state index in [1.54, 1.807) is 0 Å². The number of carbonyl (C=O) groups excluding carboxylic acids is 1. The Kier molecular flexibility index (Phi) is 17.2. The molecule has 0 aliphatic heterocycles. The van der Waals surface area contributed by atoms with E-state index in [0.29, 0.717) is 25.2 Å². The van der Waals surface area contributed by atoms with Gasteiger partial charge in [0, 0.05) is 0 Å². The highest BCUT2D eigenvalue weighted by Gasteiger charge is 2.31. The molecule has 62 heavy (non-hydrogen) atoms. The number of carboxylic acid groups (broad SMARTS) is 1. The lowest BCUT2D eigenvalue weighted by molar-refractivity contribution is -0.141. The highest BCUT2D eigenvalue weighted by Crippen LogP contribution is 2.32. The molecule has 2 unspecified atom stereocenters. The first-order valence-electron chi connectivity index (χ1n) is 19.8. The number of benzene rings is 2. The van der Waals surface area contributed by atoms with E-state index in [-0.39, 0.29) is 64.7 Å². The maximum atomic E-state index is 13.7. The number of nitrogens with one attached hydrogen (secondary N) is 2. The number of anilines is 1. The summed E-state index contributed by atoms with van der Waals surface area (Å²) in [5.41, 5.74) is 2.79. The zero-order valence-corrected chi connectivity index (χ0v) is 37.1. The lowest BCUT2D eigenvalue weighted by Gasteiger charge is -2.26. The van der Waals surface area contributed by atoms with E-state index < -0.39 is 52.2 Å². The monoisotopic (exact) mass is 953 g/mol. The summed E-state index contributed by atoms with van der Waals surface area (Å²) in [4.78, 5) is 88.7. The number of ketones is 1. The molecule has 2 saturated carbocycles. The quantitative estimate of drug-likeness (QED) is 0.103. The van der Waals surface area contributed by atoms with Crippen LogP contribution in [0.5, 0.6) is 0 Å². The fourth-order valence-corrected chi connectivity index (χ4v) is 9.71. The summed E-state index contributed by atoms with van der Waals surface area (Å²) in [7, 11) is 0. The van der Waals surface area contributed by atoms with Crippen molar-refractivity contribution in [3.05, 3.63) is 116 Å². The van der Waals surface area contributed by atoms with Crippen molar-refractivity contribution in [2.24, 2.45) is 11.8 Å². The Hall–Kier alpha value is -4.75. The van der Waals surface area contributed by atoms with Gasteiger partial charge in [-0.15, -0.1) is 23.7 Å². The van der Waals surface area contributed by atoms with E-state index in [9.17, 15) is 42.7 Å². The van der Waals surface area contributed by atoms with Crippen LogP contribution in [-0.2, 0) is 16.0 Å². The molecule has 0 saturated heterocycles. The van der Waals surface area contributed by atoms with Crippen LogP contribution in [0.15, 0.2) is 68.0 Å². The van der Waals surface area contributed by atoms with E-state index in [0.717, 1.165) is 91.5 Å². The largest absolute Gasteiger partial charge is 0.480 e. The first-order valence-corrected chi connectivity index (χ1v) is 22.2. The average Bonchev–Trinajstić information content (AvgIpc) is 3.83. The number of halogens is 5. The number of aliphatic carboxylic acids is 1. The number of rotatable bonds is 10. The fourth-order valence-electron chi connectivity index (χ4n) is 8.04. The smallest absolute Gasteiger partial charge is 0.329 e. The molecule has 0 radical (unpaired) electrons. The molecule has 5 N–H and O–H groups in total. The summed E-state index contributed by atoms with van der Waals surface area (Å²) in [6.07, 6.45) is 13.8. The number of nitrogens with zero attached hydrogens (tertiary/aromatic N) is 4. The van der Waals surface area contributed by atoms with Gasteiger partial charge in [0.1, 0.15) is 37.4 Å². The molecule has 0 amide bonds. The number of fused-ring (bicyclic) bond motifs is 2. The number of carboxylic acids is 1. The molecule has 4 heterocycles. The van der Waals surface area contributed by atoms with Gasteiger partial charge in [0.2, 0.25) is 0 Å². The van der Waals surface area contributed by atoms with Crippen LogP contribution in [0.1, 0.15) is 94.1 Å². The first kappa shape index (κ1) is 48.3. The van der Waals surface area contributed by atoms with Crippen molar-refractivity contribution in [2.45, 2.75) is 95.6 Å². The maximum absolute atomic E-state index is 13.7. The number of hydrogen-bond acceptors (Lipinski definition) is 11. The van der Waals surface area contributed by atoms with Gasteiger partial charge in [0.05, 0.1) is 40.6 Å². The molecule has 2 fully saturated rings. The van der Waals surface area contributed by atoms with E-state index in [4.69, 9.17) is 28.9 Å². The number of hydrogen-bond donors (Lipinski definition) is 4.